The highest BCUT2D eigenvalue weighted by atomic mass is 19.2. The first-order valence-corrected chi connectivity index (χ1v) is 6.06. The molecule has 2 N–H and O–H groups in total. The summed E-state index contributed by atoms with van der Waals surface area (Å²) < 4.78 is 36.6. The highest BCUT2D eigenvalue weighted by molar-refractivity contribution is 5.20. The maximum atomic E-state index is 13.0. The summed E-state index contributed by atoms with van der Waals surface area (Å²) in [6.07, 6.45) is 2.20. The number of rotatable bonds is 5. The van der Waals surface area contributed by atoms with Crippen molar-refractivity contribution in [2.45, 2.75) is 25.0 Å². The first-order chi connectivity index (χ1) is 8.66. The fourth-order valence-electron chi connectivity index (χ4n) is 1.94. The Bertz CT molecular complexity index is 395. The lowest BCUT2D eigenvalue weighted by atomic mass is 10.1. The molecule has 1 aromatic carbocycles. The Hall–Kier alpha value is -1.04. The van der Waals surface area contributed by atoms with Crippen LogP contribution in [0.3, 0.4) is 0 Å². The largest absolute Gasteiger partial charge is 0.377 e. The van der Waals surface area contributed by atoms with Crippen LogP contribution in [0, 0.1) is 11.6 Å². The van der Waals surface area contributed by atoms with Gasteiger partial charge in [0.15, 0.2) is 11.6 Å². The van der Waals surface area contributed by atoms with Crippen LogP contribution in [-0.4, -0.2) is 25.9 Å². The van der Waals surface area contributed by atoms with E-state index in [0.29, 0.717) is 12.2 Å². The normalized spacial score (nSPS) is 21.2. The first kappa shape index (κ1) is 13.4. The highest BCUT2D eigenvalue weighted by Gasteiger charge is 2.16. The summed E-state index contributed by atoms with van der Waals surface area (Å²) in [6.45, 7) is 1.55. The Kier molecular flexibility index (Phi) is 4.63. The maximum absolute atomic E-state index is 13.0. The van der Waals surface area contributed by atoms with Crippen LogP contribution in [-0.2, 0) is 9.47 Å². The molecule has 1 aliphatic heterocycles. The van der Waals surface area contributed by atoms with Gasteiger partial charge in [0.25, 0.3) is 0 Å². The Labute approximate surface area is 105 Å². The Morgan fingerprint density at radius 1 is 1.39 bits per heavy atom. The molecule has 18 heavy (non-hydrogen) atoms. The van der Waals surface area contributed by atoms with Crippen LogP contribution >= 0.6 is 0 Å². The Morgan fingerprint density at radius 3 is 2.89 bits per heavy atom. The molecule has 1 aromatic rings. The van der Waals surface area contributed by atoms with Crippen LogP contribution in [0.4, 0.5) is 8.78 Å². The zero-order valence-electron chi connectivity index (χ0n) is 10.1. The minimum absolute atomic E-state index is 0.141. The van der Waals surface area contributed by atoms with Crippen LogP contribution in [0.2, 0.25) is 0 Å². The Balaban J connectivity index is 1.79. The van der Waals surface area contributed by atoms with Crippen molar-refractivity contribution in [3.63, 3.8) is 0 Å². The number of hydrogen-bond acceptors (Lipinski definition) is 3. The van der Waals surface area contributed by atoms with E-state index in [4.69, 9.17) is 15.2 Å². The second kappa shape index (κ2) is 6.22. The maximum Gasteiger partial charge on any atom is 0.159 e. The second-order valence-corrected chi connectivity index (χ2v) is 4.45. The van der Waals surface area contributed by atoms with E-state index in [1.807, 2.05) is 0 Å². The molecule has 2 atom stereocenters. The Morgan fingerprint density at radius 2 is 2.22 bits per heavy atom. The molecule has 5 heteroatoms. The van der Waals surface area contributed by atoms with Crippen molar-refractivity contribution in [2.24, 2.45) is 5.73 Å². The van der Waals surface area contributed by atoms with Crippen LogP contribution in [0.5, 0.6) is 0 Å². The summed E-state index contributed by atoms with van der Waals surface area (Å²) in [7, 11) is 0. The molecule has 1 fully saturated rings. The molecule has 0 radical (unpaired) electrons. The van der Waals surface area contributed by atoms with Gasteiger partial charge in [0.1, 0.15) is 0 Å². The molecule has 100 valence electrons. The topological polar surface area (TPSA) is 44.5 Å². The van der Waals surface area contributed by atoms with E-state index in [2.05, 4.69) is 0 Å². The van der Waals surface area contributed by atoms with Gasteiger partial charge in [0, 0.05) is 6.61 Å². The summed E-state index contributed by atoms with van der Waals surface area (Å²) in [5.74, 6) is -1.76. The SMILES string of the molecule is NC(COCC1CCCO1)c1ccc(F)c(F)c1. The van der Waals surface area contributed by atoms with Gasteiger partial charge in [-0.3, -0.25) is 0 Å². The van der Waals surface area contributed by atoms with Gasteiger partial charge in [-0.05, 0) is 30.5 Å². The molecule has 2 rings (SSSR count). The fourth-order valence-corrected chi connectivity index (χ4v) is 1.94. The summed E-state index contributed by atoms with van der Waals surface area (Å²) in [5.41, 5.74) is 6.37. The molecule has 3 nitrogen and oxygen atoms in total. The molecule has 0 aliphatic carbocycles. The summed E-state index contributed by atoms with van der Waals surface area (Å²) in [4.78, 5) is 0. The van der Waals surface area contributed by atoms with Gasteiger partial charge in [-0.2, -0.15) is 0 Å². The molecule has 1 heterocycles. The third-order valence-electron chi connectivity index (χ3n) is 3.00. The molecular weight excluding hydrogens is 240 g/mol. The number of nitrogens with two attached hydrogens (primary N) is 1. The summed E-state index contributed by atoms with van der Waals surface area (Å²) >= 11 is 0. The van der Waals surface area contributed by atoms with Crippen molar-refractivity contribution in [3.05, 3.63) is 35.4 Å². The summed E-state index contributed by atoms with van der Waals surface area (Å²) in [5, 5.41) is 0. The predicted molar refractivity (Wildman–Crippen MR) is 63.1 cm³/mol. The molecule has 0 bridgehead atoms. The third-order valence-corrected chi connectivity index (χ3v) is 3.00. The standard InChI is InChI=1S/C13H17F2NO2/c14-11-4-3-9(6-12(11)15)13(16)8-17-7-10-2-1-5-18-10/h3-4,6,10,13H,1-2,5,7-8,16H2. The third kappa shape index (κ3) is 3.48. The number of ether oxygens (including phenoxy) is 2. The highest BCUT2D eigenvalue weighted by Crippen LogP contribution is 2.16. The smallest absolute Gasteiger partial charge is 0.159 e. The molecular formula is C13H17F2NO2. The van der Waals surface area contributed by atoms with Crippen LogP contribution in [0.25, 0.3) is 0 Å². The first-order valence-electron chi connectivity index (χ1n) is 6.06. The number of hydrogen-bond donors (Lipinski definition) is 1. The number of halogens is 2. The molecule has 0 aromatic heterocycles. The van der Waals surface area contributed by atoms with Gasteiger partial charge < -0.3 is 15.2 Å². The van der Waals surface area contributed by atoms with Gasteiger partial charge in [-0.25, -0.2) is 8.78 Å². The van der Waals surface area contributed by atoms with Gasteiger partial charge in [-0.15, -0.1) is 0 Å². The van der Waals surface area contributed by atoms with Crippen LogP contribution < -0.4 is 5.73 Å². The van der Waals surface area contributed by atoms with Crippen LogP contribution in [0.15, 0.2) is 18.2 Å². The van der Waals surface area contributed by atoms with Crippen LogP contribution in [0.1, 0.15) is 24.4 Å². The minimum atomic E-state index is -0.887. The minimum Gasteiger partial charge on any atom is -0.377 e. The van der Waals surface area contributed by atoms with E-state index in [0.717, 1.165) is 31.6 Å². The van der Waals surface area contributed by atoms with E-state index < -0.39 is 17.7 Å². The van der Waals surface area contributed by atoms with Crippen molar-refractivity contribution >= 4 is 0 Å². The van der Waals surface area contributed by atoms with Gasteiger partial charge in [0.2, 0.25) is 0 Å². The average molecular weight is 257 g/mol. The molecule has 0 amide bonds. The molecule has 0 saturated carbocycles. The van der Waals surface area contributed by atoms with E-state index in [9.17, 15) is 8.78 Å². The molecule has 0 spiro atoms. The predicted octanol–water partition coefficient (Wildman–Crippen LogP) is 2.16. The lowest BCUT2D eigenvalue weighted by Crippen LogP contribution is -2.21. The van der Waals surface area contributed by atoms with Gasteiger partial charge in [-0.1, -0.05) is 6.07 Å². The molecule has 2 unspecified atom stereocenters. The van der Waals surface area contributed by atoms with Crippen molar-refractivity contribution in [1.82, 2.24) is 0 Å². The quantitative estimate of drug-likeness (QED) is 0.879. The average Bonchev–Trinajstić information content (AvgIpc) is 2.85. The lowest BCUT2D eigenvalue weighted by molar-refractivity contribution is 0.0129. The van der Waals surface area contributed by atoms with Crippen molar-refractivity contribution in [2.75, 3.05) is 19.8 Å². The summed E-state index contributed by atoms with van der Waals surface area (Å²) in [6, 6.07) is 3.19. The van der Waals surface area contributed by atoms with E-state index >= 15 is 0 Å². The van der Waals surface area contributed by atoms with Crippen molar-refractivity contribution in [3.8, 4) is 0 Å². The molecule has 1 aliphatic rings. The molecule has 1 saturated heterocycles. The monoisotopic (exact) mass is 257 g/mol. The van der Waals surface area contributed by atoms with Crippen molar-refractivity contribution in [1.29, 1.82) is 0 Å². The number of benzene rings is 1. The van der Waals surface area contributed by atoms with E-state index in [1.54, 1.807) is 0 Å². The zero-order chi connectivity index (χ0) is 13.0. The second-order valence-electron chi connectivity index (χ2n) is 4.45. The lowest BCUT2D eigenvalue weighted by Gasteiger charge is -2.15. The fraction of sp³-hybridized carbons (Fsp3) is 0.538. The van der Waals surface area contributed by atoms with Crippen molar-refractivity contribution < 1.29 is 18.3 Å². The zero-order valence-corrected chi connectivity index (χ0v) is 10.1. The van der Waals surface area contributed by atoms with Gasteiger partial charge >= 0.3 is 0 Å². The van der Waals surface area contributed by atoms with E-state index in [1.165, 1.54) is 6.07 Å². The van der Waals surface area contributed by atoms with E-state index in [-0.39, 0.29) is 12.7 Å². The van der Waals surface area contributed by atoms with Gasteiger partial charge in [0.05, 0.1) is 25.4 Å².